The Labute approximate surface area is 147 Å². The van der Waals surface area contributed by atoms with E-state index >= 15 is 0 Å². The van der Waals surface area contributed by atoms with Crippen molar-refractivity contribution in [3.05, 3.63) is 58.6 Å². The van der Waals surface area contributed by atoms with Crippen LogP contribution in [0.1, 0.15) is 20.7 Å². The summed E-state index contributed by atoms with van der Waals surface area (Å²) in [7, 11) is 3.36. The van der Waals surface area contributed by atoms with Gasteiger partial charge in [0.15, 0.2) is 5.13 Å². The van der Waals surface area contributed by atoms with Gasteiger partial charge in [0, 0.05) is 25.2 Å². The number of nitrogens with zero attached hydrogens (tertiary/aromatic N) is 2. The maximum Gasteiger partial charge on any atom is 0.257 e. The standard InChI is InChI=1S/C17H14ClN3O2S/c1-21(2)16(23)11-8-6-10(7-9-11)15(22)20-17-19-14-12(18)4-3-5-13(14)24-17/h3-9H,1-2H3,(H,19,20,22). The number of carbonyl (C=O) groups is 2. The van der Waals surface area contributed by atoms with E-state index in [-0.39, 0.29) is 11.8 Å². The lowest BCUT2D eigenvalue weighted by molar-refractivity contribution is 0.0827. The molecule has 5 nitrogen and oxygen atoms in total. The number of rotatable bonds is 3. The number of carbonyl (C=O) groups excluding carboxylic acids is 2. The number of para-hydroxylation sites is 1. The van der Waals surface area contributed by atoms with Crippen LogP contribution in [0.4, 0.5) is 5.13 Å². The van der Waals surface area contributed by atoms with Crippen LogP contribution in [0.3, 0.4) is 0 Å². The molecular formula is C17H14ClN3O2S. The number of thiazole rings is 1. The van der Waals surface area contributed by atoms with E-state index in [1.54, 1.807) is 44.4 Å². The molecule has 0 spiro atoms. The summed E-state index contributed by atoms with van der Waals surface area (Å²) < 4.78 is 0.907. The predicted octanol–water partition coefficient (Wildman–Crippen LogP) is 3.90. The summed E-state index contributed by atoms with van der Waals surface area (Å²) in [6.07, 6.45) is 0. The third-order valence-corrected chi connectivity index (χ3v) is 4.63. The highest BCUT2D eigenvalue weighted by molar-refractivity contribution is 7.22. The lowest BCUT2D eigenvalue weighted by atomic mass is 10.1. The molecule has 0 unspecified atom stereocenters. The molecule has 1 N–H and O–H groups in total. The number of hydrogen-bond acceptors (Lipinski definition) is 4. The van der Waals surface area contributed by atoms with Crippen LogP contribution in [0.2, 0.25) is 5.02 Å². The lowest BCUT2D eigenvalue weighted by Gasteiger charge is -2.10. The summed E-state index contributed by atoms with van der Waals surface area (Å²) in [5, 5.41) is 3.80. The van der Waals surface area contributed by atoms with Crippen LogP contribution < -0.4 is 5.32 Å². The number of halogens is 1. The van der Waals surface area contributed by atoms with Crippen LogP contribution in [0.25, 0.3) is 10.2 Å². The first kappa shape index (κ1) is 16.4. The fraction of sp³-hybridized carbons (Fsp3) is 0.118. The first-order valence-corrected chi connectivity index (χ1v) is 8.33. The average molecular weight is 360 g/mol. The number of anilines is 1. The van der Waals surface area contributed by atoms with Gasteiger partial charge in [-0.25, -0.2) is 4.98 Å². The number of fused-ring (bicyclic) bond motifs is 1. The van der Waals surface area contributed by atoms with E-state index in [0.717, 1.165) is 4.70 Å². The minimum atomic E-state index is -0.283. The van der Waals surface area contributed by atoms with Crippen LogP contribution in [0.5, 0.6) is 0 Å². The van der Waals surface area contributed by atoms with Gasteiger partial charge in [-0.2, -0.15) is 0 Å². The van der Waals surface area contributed by atoms with E-state index in [4.69, 9.17) is 11.6 Å². The van der Waals surface area contributed by atoms with Crippen LogP contribution >= 0.6 is 22.9 Å². The highest BCUT2D eigenvalue weighted by Gasteiger charge is 2.13. The van der Waals surface area contributed by atoms with Crippen molar-refractivity contribution in [3.8, 4) is 0 Å². The topological polar surface area (TPSA) is 62.3 Å². The minimum absolute atomic E-state index is 0.109. The zero-order valence-electron chi connectivity index (χ0n) is 13.0. The highest BCUT2D eigenvalue weighted by Crippen LogP contribution is 2.30. The molecule has 2 aromatic carbocycles. The van der Waals surface area contributed by atoms with Crippen molar-refractivity contribution >= 4 is 50.1 Å². The molecule has 0 atom stereocenters. The predicted molar refractivity (Wildman–Crippen MR) is 97.0 cm³/mol. The van der Waals surface area contributed by atoms with Gasteiger partial charge in [0.2, 0.25) is 0 Å². The Hall–Kier alpha value is -2.44. The Bertz CT molecular complexity index is 919. The summed E-state index contributed by atoms with van der Waals surface area (Å²) in [5.41, 5.74) is 1.66. The molecule has 24 heavy (non-hydrogen) atoms. The van der Waals surface area contributed by atoms with Crippen LogP contribution in [0, 0.1) is 0 Å². The van der Waals surface area contributed by atoms with Crippen molar-refractivity contribution in [2.45, 2.75) is 0 Å². The van der Waals surface area contributed by atoms with Gasteiger partial charge >= 0.3 is 0 Å². The second-order valence-electron chi connectivity index (χ2n) is 5.34. The SMILES string of the molecule is CN(C)C(=O)c1ccc(C(=O)Nc2nc3c(Cl)cccc3s2)cc1. The van der Waals surface area contributed by atoms with Crippen molar-refractivity contribution in [1.29, 1.82) is 0 Å². The fourth-order valence-electron chi connectivity index (χ4n) is 2.16. The van der Waals surface area contributed by atoms with E-state index in [1.807, 2.05) is 12.1 Å². The van der Waals surface area contributed by atoms with Crippen LogP contribution in [-0.4, -0.2) is 35.8 Å². The summed E-state index contributed by atoms with van der Waals surface area (Å²) in [5.74, 6) is -0.392. The highest BCUT2D eigenvalue weighted by atomic mass is 35.5. The summed E-state index contributed by atoms with van der Waals surface area (Å²) in [4.78, 5) is 30.0. The van der Waals surface area contributed by atoms with Gasteiger partial charge in [-0.15, -0.1) is 0 Å². The smallest absolute Gasteiger partial charge is 0.257 e. The summed E-state index contributed by atoms with van der Waals surface area (Å²) >= 11 is 7.45. The van der Waals surface area contributed by atoms with Crippen LogP contribution in [0.15, 0.2) is 42.5 Å². The van der Waals surface area contributed by atoms with E-state index in [1.165, 1.54) is 16.2 Å². The minimum Gasteiger partial charge on any atom is -0.345 e. The number of amides is 2. The molecule has 0 radical (unpaired) electrons. The zero-order valence-corrected chi connectivity index (χ0v) is 14.6. The molecule has 1 aromatic heterocycles. The number of hydrogen-bond donors (Lipinski definition) is 1. The monoisotopic (exact) mass is 359 g/mol. The van der Waals surface area contributed by atoms with Crippen LogP contribution in [-0.2, 0) is 0 Å². The van der Waals surface area contributed by atoms with Crippen molar-refractivity contribution in [1.82, 2.24) is 9.88 Å². The molecule has 3 rings (SSSR count). The second kappa shape index (κ2) is 6.59. The van der Waals surface area contributed by atoms with Gasteiger partial charge < -0.3 is 4.90 Å². The Morgan fingerprint density at radius 3 is 2.38 bits per heavy atom. The lowest BCUT2D eigenvalue weighted by Crippen LogP contribution is -2.21. The Morgan fingerprint density at radius 1 is 1.08 bits per heavy atom. The third-order valence-electron chi connectivity index (χ3n) is 3.39. The third kappa shape index (κ3) is 3.25. The molecular weight excluding hydrogens is 346 g/mol. The largest absolute Gasteiger partial charge is 0.345 e. The van der Waals surface area contributed by atoms with E-state index in [2.05, 4.69) is 10.3 Å². The quantitative estimate of drug-likeness (QED) is 0.771. The average Bonchev–Trinajstić information content (AvgIpc) is 2.98. The Balaban J connectivity index is 1.79. The maximum absolute atomic E-state index is 12.3. The van der Waals surface area contributed by atoms with Gasteiger partial charge in [0.25, 0.3) is 11.8 Å². The molecule has 0 saturated carbocycles. The molecule has 3 aromatic rings. The van der Waals surface area contributed by atoms with E-state index < -0.39 is 0 Å². The Kier molecular flexibility index (Phi) is 4.51. The van der Waals surface area contributed by atoms with Gasteiger partial charge in [-0.3, -0.25) is 14.9 Å². The van der Waals surface area contributed by atoms with Gasteiger partial charge in [-0.05, 0) is 36.4 Å². The number of benzene rings is 2. The molecule has 7 heteroatoms. The molecule has 1 heterocycles. The fourth-order valence-corrected chi connectivity index (χ4v) is 3.32. The maximum atomic E-state index is 12.3. The molecule has 122 valence electrons. The number of aromatic nitrogens is 1. The van der Waals surface area contributed by atoms with Crippen molar-refractivity contribution in [3.63, 3.8) is 0 Å². The van der Waals surface area contributed by atoms with Crippen molar-refractivity contribution in [2.75, 3.05) is 19.4 Å². The first-order chi connectivity index (χ1) is 11.5. The van der Waals surface area contributed by atoms with E-state index in [0.29, 0.717) is 26.8 Å². The molecule has 0 saturated heterocycles. The zero-order chi connectivity index (χ0) is 17.3. The molecule has 0 bridgehead atoms. The molecule has 0 aliphatic carbocycles. The molecule has 2 amide bonds. The molecule has 0 aliphatic rings. The summed E-state index contributed by atoms with van der Waals surface area (Å²) in [6.45, 7) is 0. The summed E-state index contributed by atoms with van der Waals surface area (Å²) in [6, 6.07) is 12.0. The van der Waals surface area contributed by atoms with E-state index in [9.17, 15) is 9.59 Å². The van der Waals surface area contributed by atoms with Gasteiger partial charge in [0.1, 0.15) is 5.52 Å². The normalized spacial score (nSPS) is 10.6. The van der Waals surface area contributed by atoms with Gasteiger partial charge in [-0.1, -0.05) is 29.0 Å². The second-order valence-corrected chi connectivity index (χ2v) is 6.77. The first-order valence-electron chi connectivity index (χ1n) is 7.14. The molecule has 0 aliphatic heterocycles. The van der Waals surface area contributed by atoms with Gasteiger partial charge in [0.05, 0.1) is 9.72 Å². The van der Waals surface area contributed by atoms with Crippen molar-refractivity contribution < 1.29 is 9.59 Å². The Morgan fingerprint density at radius 2 is 1.75 bits per heavy atom. The number of nitrogens with one attached hydrogen (secondary N) is 1. The van der Waals surface area contributed by atoms with Crippen molar-refractivity contribution in [2.24, 2.45) is 0 Å². The molecule has 0 fully saturated rings.